The Hall–Kier alpha value is -1.76. The van der Waals surface area contributed by atoms with Gasteiger partial charge in [-0.05, 0) is 6.07 Å². The Balaban J connectivity index is 2.70. The maximum absolute atomic E-state index is 8.44. The van der Waals surface area contributed by atoms with Gasteiger partial charge in [-0.1, -0.05) is 6.07 Å². The molecule has 0 unspecified atom stereocenters. The van der Waals surface area contributed by atoms with Crippen molar-refractivity contribution in [2.75, 3.05) is 25.6 Å². The van der Waals surface area contributed by atoms with Gasteiger partial charge < -0.3 is 9.64 Å². The Morgan fingerprint density at radius 3 is 3.00 bits per heavy atom. The second kappa shape index (κ2) is 5.07. The number of ether oxygens (including phenoxy) is 1. The van der Waals surface area contributed by atoms with Crippen LogP contribution in [0.4, 0.5) is 5.82 Å². The van der Waals surface area contributed by atoms with Crippen LogP contribution in [-0.4, -0.2) is 25.7 Å². The zero-order valence-corrected chi connectivity index (χ0v) is 8.40. The lowest BCUT2D eigenvalue weighted by Crippen LogP contribution is -2.19. The Kier molecular flexibility index (Phi) is 3.74. The zero-order chi connectivity index (χ0) is 10.4. The van der Waals surface area contributed by atoms with Gasteiger partial charge in [-0.3, -0.25) is 0 Å². The highest BCUT2D eigenvalue weighted by Gasteiger charge is 2.02. The summed E-state index contributed by atoms with van der Waals surface area (Å²) in [5.41, 5.74) is 0. The number of hydrogen-bond acceptors (Lipinski definition) is 4. The van der Waals surface area contributed by atoms with Crippen LogP contribution in [0.5, 0.6) is 5.88 Å². The van der Waals surface area contributed by atoms with E-state index in [0.717, 1.165) is 5.82 Å². The summed E-state index contributed by atoms with van der Waals surface area (Å²) < 4.78 is 5.01. The molecule has 0 atom stereocenters. The zero-order valence-electron chi connectivity index (χ0n) is 8.40. The third-order valence-corrected chi connectivity index (χ3v) is 1.87. The number of rotatable bonds is 4. The standard InChI is InChI=1S/C10H13N3O/c1-13(8-4-7-11)9-5-3-6-10(12-9)14-2/h3,5-6H,4,8H2,1-2H3. The summed E-state index contributed by atoms with van der Waals surface area (Å²) in [6.07, 6.45) is 0.495. The Morgan fingerprint density at radius 2 is 2.36 bits per heavy atom. The van der Waals surface area contributed by atoms with Crippen molar-refractivity contribution < 1.29 is 4.74 Å². The third-order valence-electron chi connectivity index (χ3n) is 1.87. The molecule has 0 amide bonds. The molecule has 1 heterocycles. The van der Waals surface area contributed by atoms with E-state index in [1.165, 1.54) is 0 Å². The fourth-order valence-electron chi connectivity index (χ4n) is 1.06. The first-order chi connectivity index (χ1) is 6.77. The number of anilines is 1. The molecule has 0 fully saturated rings. The maximum Gasteiger partial charge on any atom is 0.214 e. The second-order valence-corrected chi connectivity index (χ2v) is 2.87. The molecule has 0 aliphatic rings. The molecule has 0 spiro atoms. The third kappa shape index (κ3) is 2.63. The summed E-state index contributed by atoms with van der Waals surface area (Å²) in [6, 6.07) is 7.66. The molecule has 0 aromatic carbocycles. The SMILES string of the molecule is COc1cccc(N(C)CCC#N)n1. The number of nitrogens with zero attached hydrogens (tertiary/aromatic N) is 3. The van der Waals surface area contributed by atoms with Crippen LogP contribution in [-0.2, 0) is 0 Å². The van der Waals surface area contributed by atoms with Gasteiger partial charge in [0.15, 0.2) is 0 Å². The van der Waals surface area contributed by atoms with Crippen LogP contribution >= 0.6 is 0 Å². The molecule has 1 aromatic heterocycles. The van der Waals surface area contributed by atoms with Crippen molar-refractivity contribution in [2.45, 2.75) is 6.42 Å². The minimum Gasteiger partial charge on any atom is -0.481 e. The molecule has 0 aliphatic heterocycles. The molecule has 0 saturated carbocycles. The van der Waals surface area contributed by atoms with Gasteiger partial charge >= 0.3 is 0 Å². The number of methoxy groups -OCH3 is 1. The van der Waals surface area contributed by atoms with E-state index in [1.807, 2.05) is 24.1 Å². The highest BCUT2D eigenvalue weighted by Crippen LogP contribution is 2.13. The smallest absolute Gasteiger partial charge is 0.214 e. The monoisotopic (exact) mass is 191 g/mol. The molecule has 0 bridgehead atoms. The van der Waals surface area contributed by atoms with Crippen LogP contribution in [0.1, 0.15) is 6.42 Å². The highest BCUT2D eigenvalue weighted by atomic mass is 16.5. The van der Waals surface area contributed by atoms with Crippen LogP contribution < -0.4 is 9.64 Å². The van der Waals surface area contributed by atoms with Crippen molar-refractivity contribution in [3.63, 3.8) is 0 Å². The van der Waals surface area contributed by atoms with Crippen LogP contribution in [0.25, 0.3) is 0 Å². The van der Waals surface area contributed by atoms with Crippen molar-refractivity contribution in [2.24, 2.45) is 0 Å². The van der Waals surface area contributed by atoms with E-state index in [2.05, 4.69) is 11.1 Å². The fourth-order valence-corrected chi connectivity index (χ4v) is 1.06. The molecule has 14 heavy (non-hydrogen) atoms. The van der Waals surface area contributed by atoms with Gasteiger partial charge in [-0.25, -0.2) is 0 Å². The number of nitriles is 1. The van der Waals surface area contributed by atoms with Crippen LogP contribution in [0, 0.1) is 11.3 Å². The number of hydrogen-bond donors (Lipinski definition) is 0. The minimum absolute atomic E-state index is 0.495. The molecule has 0 N–H and O–H groups in total. The van der Waals surface area contributed by atoms with Crippen molar-refractivity contribution in [1.29, 1.82) is 5.26 Å². The summed E-state index contributed by atoms with van der Waals surface area (Å²) >= 11 is 0. The van der Waals surface area contributed by atoms with Gasteiger partial charge in [0, 0.05) is 19.7 Å². The summed E-state index contributed by atoms with van der Waals surface area (Å²) in [6.45, 7) is 0.677. The van der Waals surface area contributed by atoms with Crippen LogP contribution in [0.2, 0.25) is 0 Å². The quantitative estimate of drug-likeness (QED) is 0.722. The van der Waals surface area contributed by atoms with Crippen molar-refractivity contribution in [3.8, 4) is 11.9 Å². The minimum atomic E-state index is 0.495. The molecule has 4 nitrogen and oxygen atoms in total. The molecule has 1 rings (SSSR count). The van der Waals surface area contributed by atoms with Crippen LogP contribution in [0.3, 0.4) is 0 Å². The van der Waals surface area contributed by atoms with Gasteiger partial charge in [-0.2, -0.15) is 10.2 Å². The first-order valence-corrected chi connectivity index (χ1v) is 4.37. The Morgan fingerprint density at radius 1 is 1.57 bits per heavy atom. The lowest BCUT2D eigenvalue weighted by atomic mass is 10.4. The van der Waals surface area contributed by atoms with Crippen molar-refractivity contribution in [1.82, 2.24) is 4.98 Å². The van der Waals surface area contributed by atoms with E-state index in [1.54, 1.807) is 13.2 Å². The molecular formula is C10H13N3O. The number of aromatic nitrogens is 1. The lowest BCUT2D eigenvalue weighted by Gasteiger charge is -2.16. The van der Waals surface area contributed by atoms with Gasteiger partial charge in [0.2, 0.25) is 5.88 Å². The Bertz CT molecular complexity index is 332. The van der Waals surface area contributed by atoms with E-state index in [0.29, 0.717) is 18.8 Å². The van der Waals surface area contributed by atoms with E-state index < -0.39 is 0 Å². The largest absolute Gasteiger partial charge is 0.481 e. The first kappa shape index (κ1) is 10.3. The maximum atomic E-state index is 8.44. The van der Waals surface area contributed by atoms with Crippen molar-refractivity contribution >= 4 is 5.82 Å². The van der Waals surface area contributed by atoms with Gasteiger partial charge in [-0.15, -0.1) is 0 Å². The van der Waals surface area contributed by atoms with E-state index in [4.69, 9.17) is 10.00 Å². The Labute approximate surface area is 83.7 Å². The molecular weight excluding hydrogens is 178 g/mol. The van der Waals surface area contributed by atoms with E-state index >= 15 is 0 Å². The van der Waals surface area contributed by atoms with Gasteiger partial charge in [0.1, 0.15) is 5.82 Å². The molecule has 74 valence electrons. The predicted molar refractivity (Wildman–Crippen MR) is 54.3 cm³/mol. The molecule has 0 aliphatic carbocycles. The average Bonchev–Trinajstić information content (AvgIpc) is 2.26. The highest BCUT2D eigenvalue weighted by molar-refractivity contribution is 5.39. The van der Waals surface area contributed by atoms with Gasteiger partial charge in [0.25, 0.3) is 0 Å². The predicted octanol–water partition coefficient (Wildman–Crippen LogP) is 1.44. The summed E-state index contributed by atoms with van der Waals surface area (Å²) in [7, 11) is 3.49. The normalized spacial score (nSPS) is 9.21. The van der Waals surface area contributed by atoms with E-state index in [9.17, 15) is 0 Å². The average molecular weight is 191 g/mol. The summed E-state index contributed by atoms with van der Waals surface area (Å²) in [5, 5.41) is 8.44. The summed E-state index contributed by atoms with van der Waals surface area (Å²) in [5.74, 6) is 1.41. The van der Waals surface area contributed by atoms with Gasteiger partial charge in [0.05, 0.1) is 19.6 Å². The number of pyridine rings is 1. The molecule has 1 aromatic rings. The molecule has 0 saturated heterocycles. The molecule has 0 radical (unpaired) electrons. The van der Waals surface area contributed by atoms with E-state index in [-0.39, 0.29) is 0 Å². The van der Waals surface area contributed by atoms with Crippen LogP contribution in [0.15, 0.2) is 18.2 Å². The summed E-state index contributed by atoms with van der Waals surface area (Å²) in [4.78, 5) is 6.16. The first-order valence-electron chi connectivity index (χ1n) is 4.37. The second-order valence-electron chi connectivity index (χ2n) is 2.87. The fraction of sp³-hybridized carbons (Fsp3) is 0.400. The molecule has 4 heteroatoms. The topological polar surface area (TPSA) is 49.1 Å². The lowest BCUT2D eigenvalue weighted by molar-refractivity contribution is 0.398. The van der Waals surface area contributed by atoms with Crippen molar-refractivity contribution in [3.05, 3.63) is 18.2 Å².